The number of nitrogens with zero attached hydrogens (tertiary/aromatic N) is 4. The molecule has 21 heavy (non-hydrogen) atoms. The first-order valence-electron chi connectivity index (χ1n) is 7.23. The summed E-state index contributed by atoms with van der Waals surface area (Å²) in [7, 11) is 1.70. The van der Waals surface area contributed by atoms with E-state index in [9.17, 15) is 0 Å². The van der Waals surface area contributed by atoms with Gasteiger partial charge in [0.25, 0.3) is 0 Å². The quantitative estimate of drug-likeness (QED) is 0.846. The summed E-state index contributed by atoms with van der Waals surface area (Å²) < 4.78 is 9.47. The number of piperazine rings is 1. The number of ether oxygens (including phenoxy) is 1. The molecule has 0 radical (unpaired) electrons. The van der Waals surface area contributed by atoms with Crippen LogP contribution in [0.3, 0.4) is 0 Å². The van der Waals surface area contributed by atoms with Crippen LogP contribution >= 0.6 is 11.5 Å². The third-order valence-electron chi connectivity index (χ3n) is 3.66. The van der Waals surface area contributed by atoms with Gasteiger partial charge in [0.1, 0.15) is 5.82 Å². The van der Waals surface area contributed by atoms with Crippen molar-refractivity contribution >= 4 is 22.4 Å². The van der Waals surface area contributed by atoms with Crippen molar-refractivity contribution in [3.63, 3.8) is 0 Å². The van der Waals surface area contributed by atoms with Crippen molar-refractivity contribution in [2.75, 3.05) is 49.7 Å². The Hall–Kier alpha value is -1.66. The lowest BCUT2D eigenvalue weighted by molar-refractivity contribution is 0.201. The third kappa shape index (κ3) is 3.51. The molecule has 0 N–H and O–H groups in total. The number of hydrogen-bond donors (Lipinski definition) is 0. The average Bonchev–Trinajstić information content (AvgIpc) is 3.03. The van der Waals surface area contributed by atoms with E-state index in [2.05, 4.69) is 49.5 Å². The molecule has 0 amide bonds. The molecule has 0 spiro atoms. The average molecular weight is 304 g/mol. The summed E-state index contributed by atoms with van der Waals surface area (Å²) in [5, 5.41) is 1.04. The number of rotatable bonds is 5. The number of hydrogen-bond acceptors (Lipinski definition) is 6. The van der Waals surface area contributed by atoms with Crippen molar-refractivity contribution in [1.29, 1.82) is 0 Å². The molecule has 0 atom stereocenters. The van der Waals surface area contributed by atoms with Gasteiger partial charge in [-0.2, -0.15) is 4.37 Å². The lowest BCUT2D eigenvalue weighted by Gasteiger charge is -2.35. The summed E-state index contributed by atoms with van der Waals surface area (Å²) >= 11 is 1.49. The maximum Gasteiger partial charge on any atom is 0.205 e. The van der Waals surface area contributed by atoms with Crippen LogP contribution in [0.15, 0.2) is 30.3 Å². The van der Waals surface area contributed by atoms with Crippen LogP contribution in [-0.2, 0) is 11.2 Å². The van der Waals surface area contributed by atoms with Crippen LogP contribution in [0.5, 0.6) is 0 Å². The highest BCUT2D eigenvalue weighted by atomic mass is 32.1. The second-order valence-electron chi connectivity index (χ2n) is 5.05. The molecule has 1 fully saturated rings. The molecule has 5 nitrogen and oxygen atoms in total. The van der Waals surface area contributed by atoms with Crippen molar-refractivity contribution in [2.24, 2.45) is 0 Å². The van der Waals surface area contributed by atoms with Crippen LogP contribution in [0.1, 0.15) is 5.82 Å². The topological polar surface area (TPSA) is 41.5 Å². The fraction of sp³-hybridized carbons (Fsp3) is 0.467. The van der Waals surface area contributed by atoms with Gasteiger partial charge in [-0.1, -0.05) is 18.2 Å². The first-order chi connectivity index (χ1) is 10.4. The van der Waals surface area contributed by atoms with Gasteiger partial charge >= 0.3 is 0 Å². The Kier molecular flexibility index (Phi) is 4.67. The van der Waals surface area contributed by atoms with E-state index < -0.39 is 0 Å². The number of anilines is 2. The minimum atomic E-state index is 0.679. The van der Waals surface area contributed by atoms with Gasteiger partial charge in [0.05, 0.1) is 6.61 Å². The van der Waals surface area contributed by atoms with Gasteiger partial charge in [-0.05, 0) is 12.1 Å². The molecule has 1 aliphatic rings. The Morgan fingerprint density at radius 2 is 1.81 bits per heavy atom. The molecule has 6 heteroatoms. The SMILES string of the molecule is COCCc1nsc(N2CCN(c3ccccc3)CC2)n1. The largest absolute Gasteiger partial charge is 0.384 e. The van der Waals surface area contributed by atoms with E-state index in [0.29, 0.717) is 6.61 Å². The second kappa shape index (κ2) is 6.87. The molecule has 0 saturated carbocycles. The van der Waals surface area contributed by atoms with Crippen molar-refractivity contribution < 1.29 is 4.74 Å². The lowest BCUT2D eigenvalue weighted by atomic mass is 10.2. The highest BCUT2D eigenvalue weighted by Crippen LogP contribution is 2.21. The van der Waals surface area contributed by atoms with E-state index in [-0.39, 0.29) is 0 Å². The van der Waals surface area contributed by atoms with Crippen LogP contribution < -0.4 is 9.80 Å². The fourth-order valence-electron chi connectivity index (χ4n) is 2.46. The predicted octanol–water partition coefficient (Wildman–Crippen LogP) is 2.05. The van der Waals surface area contributed by atoms with Crippen LogP contribution in [0, 0.1) is 0 Å². The molecule has 1 saturated heterocycles. The lowest BCUT2D eigenvalue weighted by Crippen LogP contribution is -2.46. The van der Waals surface area contributed by atoms with Gasteiger partial charge in [-0.15, -0.1) is 0 Å². The monoisotopic (exact) mass is 304 g/mol. The Morgan fingerprint density at radius 3 is 2.52 bits per heavy atom. The van der Waals surface area contributed by atoms with E-state index in [1.54, 1.807) is 7.11 Å². The summed E-state index contributed by atoms with van der Waals surface area (Å²) in [6, 6.07) is 10.6. The zero-order valence-electron chi connectivity index (χ0n) is 12.2. The molecule has 3 rings (SSSR count). The Balaban J connectivity index is 1.57. The van der Waals surface area contributed by atoms with E-state index in [1.807, 2.05) is 0 Å². The molecule has 1 aromatic heterocycles. The Bertz CT molecular complexity index is 552. The second-order valence-corrected chi connectivity index (χ2v) is 5.78. The van der Waals surface area contributed by atoms with Crippen molar-refractivity contribution in [2.45, 2.75) is 6.42 Å². The molecule has 2 heterocycles. The van der Waals surface area contributed by atoms with Gasteiger partial charge in [0, 0.05) is 56.9 Å². The number of aromatic nitrogens is 2. The van der Waals surface area contributed by atoms with Crippen LogP contribution in [0.2, 0.25) is 0 Å². The van der Waals surface area contributed by atoms with E-state index in [1.165, 1.54) is 17.2 Å². The molecule has 0 aliphatic carbocycles. The van der Waals surface area contributed by atoms with Crippen molar-refractivity contribution in [1.82, 2.24) is 9.36 Å². The Morgan fingerprint density at radius 1 is 1.10 bits per heavy atom. The number of benzene rings is 1. The zero-order valence-corrected chi connectivity index (χ0v) is 13.1. The van der Waals surface area contributed by atoms with Gasteiger partial charge in [-0.25, -0.2) is 4.98 Å². The van der Waals surface area contributed by atoms with E-state index in [0.717, 1.165) is 43.6 Å². The van der Waals surface area contributed by atoms with E-state index >= 15 is 0 Å². The molecule has 0 bridgehead atoms. The van der Waals surface area contributed by atoms with Gasteiger partial charge in [0.15, 0.2) is 0 Å². The summed E-state index contributed by atoms with van der Waals surface area (Å²) in [5.41, 5.74) is 1.30. The summed E-state index contributed by atoms with van der Waals surface area (Å²) in [4.78, 5) is 9.35. The minimum Gasteiger partial charge on any atom is -0.384 e. The number of methoxy groups -OCH3 is 1. The summed E-state index contributed by atoms with van der Waals surface area (Å²) in [6.07, 6.45) is 0.789. The molecule has 1 aromatic carbocycles. The zero-order chi connectivity index (χ0) is 14.5. The fourth-order valence-corrected chi connectivity index (χ4v) is 3.23. The van der Waals surface area contributed by atoms with Crippen LogP contribution in [-0.4, -0.2) is 49.3 Å². The van der Waals surface area contributed by atoms with Gasteiger partial charge in [0.2, 0.25) is 5.13 Å². The predicted molar refractivity (Wildman–Crippen MR) is 86.4 cm³/mol. The molecule has 1 aliphatic heterocycles. The third-order valence-corrected chi connectivity index (χ3v) is 4.47. The van der Waals surface area contributed by atoms with Gasteiger partial charge < -0.3 is 14.5 Å². The first kappa shape index (κ1) is 14.3. The molecule has 0 unspecified atom stereocenters. The molecule has 2 aromatic rings. The minimum absolute atomic E-state index is 0.679. The van der Waals surface area contributed by atoms with Gasteiger partial charge in [-0.3, -0.25) is 0 Å². The normalized spacial score (nSPS) is 15.5. The van der Waals surface area contributed by atoms with Crippen molar-refractivity contribution in [3.05, 3.63) is 36.2 Å². The smallest absolute Gasteiger partial charge is 0.205 e. The van der Waals surface area contributed by atoms with Crippen molar-refractivity contribution in [3.8, 4) is 0 Å². The first-order valence-corrected chi connectivity index (χ1v) is 8.00. The van der Waals surface area contributed by atoms with Crippen LogP contribution in [0.4, 0.5) is 10.8 Å². The molecular formula is C15H20N4OS. The number of para-hydroxylation sites is 1. The maximum atomic E-state index is 5.07. The highest BCUT2D eigenvalue weighted by molar-refractivity contribution is 7.09. The molecular weight excluding hydrogens is 284 g/mol. The summed E-state index contributed by atoms with van der Waals surface area (Å²) in [6.45, 7) is 4.72. The summed E-state index contributed by atoms with van der Waals surface area (Å²) in [5.74, 6) is 0.891. The van der Waals surface area contributed by atoms with Crippen LogP contribution in [0.25, 0.3) is 0 Å². The Labute approximate surface area is 129 Å². The molecule has 112 valence electrons. The highest BCUT2D eigenvalue weighted by Gasteiger charge is 2.20. The van der Waals surface area contributed by atoms with E-state index in [4.69, 9.17) is 4.74 Å². The maximum absolute atomic E-state index is 5.07. The standard InChI is InChI=1S/C15H20N4OS/c1-20-12-7-14-16-15(21-17-14)19-10-8-18(9-11-19)13-5-3-2-4-6-13/h2-6H,7-12H2,1H3.